The highest BCUT2D eigenvalue weighted by Crippen LogP contribution is 2.39. The summed E-state index contributed by atoms with van der Waals surface area (Å²) in [7, 11) is 0. The van der Waals surface area contributed by atoms with Gasteiger partial charge in [0.15, 0.2) is 0 Å². The number of ether oxygens (including phenoxy) is 2. The molecule has 2 amide bonds. The standard InChI is InChI=1S/C25H29N3O5S2/c1-25(2,3)33-23(29)20-16-6-9-32-13-19(16)35-22(20)28-24(30)27-10-17-15-4-7-26-11-18(15)34-21(17)14-5-8-31-12-14/h5,8,12,26H,4,6-7,9-11,13H2,1-3H3,(H2,27,28,30). The minimum absolute atomic E-state index is 0.360. The maximum Gasteiger partial charge on any atom is 0.341 e. The van der Waals surface area contributed by atoms with Gasteiger partial charge < -0.3 is 24.5 Å². The Balaban J connectivity index is 1.36. The van der Waals surface area contributed by atoms with Crippen LogP contribution >= 0.6 is 22.7 Å². The molecular formula is C25H29N3O5S2. The summed E-state index contributed by atoms with van der Waals surface area (Å²) in [6.07, 6.45) is 4.94. The second kappa shape index (κ2) is 9.77. The fraction of sp³-hybridized carbons (Fsp3) is 0.440. The Morgan fingerprint density at radius 1 is 1.17 bits per heavy atom. The van der Waals surface area contributed by atoms with Gasteiger partial charge >= 0.3 is 12.0 Å². The number of hydrogen-bond acceptors (Lipinski definition) is 8. The van der Waals surface area contributed by atoms with Crippen LogP contribution in [-0.2, 0) is 42.0 Å². The van der Waals surface area contributed by atoms with E-state index >= 15 is 0 Å². The molecule has 8 nitrogen and oxygen atoms in total. The molecule has 0 saturated heterocycles. The second-order valence-electron chi connectivity index (χ2n) is 9.57. The largest absolute Gasteiger partial charge is 0.472 e. The molecule has 0 bridgehead atoms. The molecule has 10 heteroatoms. The minimum Gasteiger partial charge on any atom is -0.472 e. The molecule has 2 aliphatic heterocycles. The zero-order chi connectivity index (χ0) is 24.6. The lowest BCUT2D eigenvalue weighted by atomic mass is 10.0. The van der Waals surface area contributed by atoms with Gasteiger partial charge in [-0.05, 0) is 62.9 Å². The van der Waals surface area contributed by atoms with E-state index in [0.29, 0.717) is 36.7 Å². The van der Waals surface area contributed by atoms with Crippen LogP contribution in [0.3, 0.4) is 0 Å². The summed E-state index contributed by atoms with van der Waals surface area (Å²) < 4.78 is 16.5. The average molecular weight is 516 g/mol. The van der Waals surface area contributed by atoms with E-state index in [1.807, 2.05) is 26.8 Å². The zero-order valence-electron chi connectivity index (χ0n) is 20.0. The number of esters is 1. The third-order valence-electron chi connectivity index (χ3n) is 5.90. The van der Waals surface area contributed by atoms with Crippen molar-refractivity contribution < 1.29 is 23.5 Å². The van der Waals surface area contributed by atoms with Crippen LogP contribution in [0, 0.1) is 0 Å². The van der Waals surface area contributed by atoms with Crippen molar-refractivity contribution in [3.05, 3.63) is 50.6 Å². The molecule has 5 heterocycles. The first-order valence-corrected chi connectivity index (χ1v) is 13.3. The third kappa shape index (κ3) is 5.16. The lowest BCUT2D eigenvalue weighted by Gasteiger charge is -2.21. The SMILES string of the molecule is CC(C)(C)OC(=O)c1c(NC(=O)NCc2c(-c3ccoc3)sc3c2CCNC3)sc2c1CCOC2. The number of rotatable bonds is 5. The molecule has 5 rings (SSSR count). The molecule has 35 heavy (non-hydrogen) atoms. The van der Waals surface area contributed by atoms with Crippen molar-refractivity contribution in [3.8, 4) is 10.4 Å². The molecule has 2 aliphatic rings. The van der Waals surface area contributed by atoms with Gasteiger partial charge in [-0.3, -0.25) is 5.32 Å². The second-order valence-corrected chi connectivity index (χ2v) is 11.8. The van der Waals surface area contributed by atoms with Gasteiger partial charge in [-0.1, -0.05) is 0 Å². The Hall–Kier alpha value is -2.66. The first kappa shape index (κ1) is 24.1. The van der Waals surface area contributed by atoms with Crippen molar-refractivity contribution in [1.29, 1.82) is 0 Å². The van der Waals surface area contributed by atoms with Crippen molar-refractivity contribution in [2.75, 3.05) is 18.5 Å². The Kier molecular flexibility index (Phi) is 6.71. The Bertz CT molecular complexity index is 1240. The molecular weight excluding hydrogens is 486 g/mol. The topological polar surface area (TPSA) is 102 Å². The lowest BCUT2D eigenvalue weighted by Crippen LogP contribution is -2.30. The minimum atomic E-state index is -0.632. The van der Waals surface area contributed by atoms with Crippen LogP contribution in [0.5, 0.6) is 0 Å². The van der Waals surface area contributed by atoms with Gasteiger partial charge in [-0.25, -0.2) is 9.59 Å². The van der Waals surface area contributed by atoms with Crippen LogP contribution in [0.25, 0.3) is 10.4 Å². The van der Waals surface area contributed by atoms with Gasteiger partial charge in [0.25, 0.3) is 0 Å². The molecule has 0 aliphatic carbocycles. The van der Waals surface area contributed by atoms with E-state index in [1.165, 1.54) is 21.8 Å². The van der Waals surface area contributed by atoms with Gasteiger partial charge in [0.2, 0.25) is 0 Å². The Morgan fingerprint density at radius 2 is 2.03 bits per heavy atom. The summed E-state index contributed by atoms with van der Waals surface area (Å²) in [4.78, 5) is 29.4. The number of urea groups is 1. The van der Waals surface area contributed by atoms with E-state index in [4.69, 9.17) is 13.9 Å². The molecule has 3 aromatic rings. The number of anilines is 1. The van der Waals surface area contributed by atoms with E-state index < -0.39 is 11.6 Å². The van der Waals surface area contributed by atoms with E-state index in [0.717, 1.165) is 46.0 Å². The van der Waals surface area contributed by atoms with E-state index in [1.54, 1.807) is 23.9 Å². The van der Waals surface area contributed by atoms with Crippen LogP contribution in [0.2, 0.25) is 0 Å². The molecule has 0 fully saturated rings. The summed E-state index contributed by atoms with van der Waals surface area (Å²) in [5, 5.41) is 9.84. The van der Waals surface area contributed by atoms with E-state index in [9.17, 15) is 9.59 Å². The number of thiophene rings is 2. The molecule has 3 N–H and O–H groups in total. The van der Waals surface area contributed by atoms with Crippen LogP contribution in [0.15, 0.2) is 23.0 Å². The maximum absolute atomic E-state index is 13.0. The van der Waals surface area contributed by atoms with E-state index in [2.05, 4.69) is 16.0 Å². The monoisotopic (exact) mass is 515 g/mol. The lowest BCUT2D eigenvalue weighted by molar-refractivity contribution is 0.00685. The number of furan rings is 1. The van der Waals surface area contributed by atoms with Crippen LogP contribution < -0.4 is 16.0 Å². The smallest absolute Gasteiger partial charge is 0.341 e. The van der Waals surface area contributed by atoms with Crippen molar-refractivity contribution in [3.63, 3.8) is 0 Å². The fourth-order valence-electron chi connectivity index (χ4n) is 4.40. The average Bonchev–Trinajstić information content (AvgIpc) is 3.53. The highest BCUT2D eigenvalue weighted by Gasteiger charge is 2.30. The molecule has 186 valence electrons. The van der Waals surface area contributed by atoms with Gasteiger partial charge in [-0.15, -0.1) is 22.7 Å². The first-order chi connectivity index (χ1) is 16.8. The summed E-state index contributed by atoms with van der Waals surface area (Å²) >= 11 is 3.11. The number of fused-ring (bicyclic) bond motifs is 2. The molecule has 0 radical (unpaired) electrons. The molecule has 0 unspecified atom stereocenters. The summed E-state index contributed by atoms with van der Waals surface area (Å²) in [5.41, 5.74) is 4.15. The number of nitrogens with one attached hydrogen (secondary N) is 3. The summed E-state index contributed by atoms with van der Waals surface area (Å²) in [5.74, 6) is -0.422. The van der Waals surface area contributed by atoms with Crippen LogP contribution in [-0.4, -0.2) is 30.8 Å². The summed E-state index contributed by atoms with van der Waals surface area (Å²) in [6, 6.07) is 1.58. The predicted octanol–water partition coefficient (Wildman–Crippen LogP) is 5.07. The number of hydrogen-bond donors (Lipinski definition) is 3. The van der Waals surface area contributed by atoms with Crippen LogP contribution in [0.4, 0.5) is 9.80 Å². The molecule has 0 spiro atoms. The number of amides is 2. The van der Waals surface area contributed by atoms with Crippen molar-refractivity contribution in [2.45, 2.75) is 58.9 Å². The number of carbonyl (C=O) groups excluding carboxylic acids is 2. The fourth-order valence-corrected chi connectivity index (χ4v) is 6.89. The highest BCUT2D eigenvalue weighted by atomic mass is 32.1. The molecule has 0 saturated carbocycles. The predicted molar refractivity (Wildman–Crippen MR) is 136 cm³/mol. The van der Waals surface area contributed by atoms with Gasteiger partial charge in [0, 0.05) is 33.3 Å². The van der Waals surface area contributed by atoms with E-state index in [-0.39, 0.29) is 6.03 Å². The highest BCUT2D eigenvalue weighted by molar-refractivity contribution is 7.17. The molecule has 0 atom stereocenters. The van der Waals surface area contributed by atoms with Crippen LogP contribution in [0.1, 0.15) is 57.6 Å². The van der Waals surface area contributed by atoms with Gasteiger partial charge in [0.1, 0.15) is 10.6 Å². The quantitative estimate of drug-likeness (QED) is 0.411. The summed E-state index contributed by atoms with van der Waals surface area (Å²) in [6.45, 7) is 8.61. The Morgan fingerprint density at radius 3 is 2.80 bits per heavy atom. The third-order valence-corrected chi connectivity index (χ3v) is 8.34. The maximum atomic E-state index is 13.0. The van der Waals surface area contributed by atoms with Crippen molar-refractivity contribution in [2.24, 2.45) is 0 Å². The zero-order valence-corrected chi connectivity index (χ0v) is 21.7. The molecule has 3 aromatic heterocycles. The molecule has 0 aromatic carbocycles. The normalized spacial score (nSPS) is 15.3. The Labute approximate surface area is 212 Å². The number of carbonyl (C=O) groups is 2. The van der Waals surface area contributed by atoms with Crippen molar-refractivity contribution in [1.82, 2.24) is 10.6 Å². The van der Waals surface area contributed by atoms with Gasteiger partial charge in [0.05, 0.1) is 31.3 Å². The first-order valence-electron chi connectivity index (χ1n) is 11.7. The van der Waals surface area contributed by atoms with Gasteiger partial charge in [-0.2, -0.15) is 0 Å². The van der Waals surface area contributed by atoms with Crippen molar-refractivity contribution >= 4 is 39.7 Å².